The summed E-state index contributed by atoms with van der Waals surface area (Å²) in [6, 6.07) is 2.22. The molecule has 0 aromatic rings. The Morgan fingerprint density at radius 2 is 1.74 bits per heavy atom. The molecular weight excluding hydrogens is 236 g/mol. The minimum absolute atomic E-state index is 0.0641. The van der Waals surface area contributed by atoms with Crippen molar-refractivity contribution in [3.8, 4) is 6.07 Å². The summed E-state index contributed by atoms with van der Waals surface area (Å²) in [5, 5.41) is 8.89. The van der Waals surface area contributed by atoms with Crippen LogP contribution in [0.2, 0.25) is 0 Å². The highest BCUT2D eigenvalue weighted by molar-refractivity contribution is 5.79. The SMILES string of the molecule is CC(C#N)CN(C)C(=O)C1C2CC3CC(C2)CC1C3. The maximum absolute atomic E-state index is 12.7. The van der Waals surface area contributed by atoms with Crippen LogP contribution in [0.1, 0.15) is 39.0 Å². The first-order valence-corrected chi connectivity index (χ1v) is 7.73. The third-order valence-corrected chi connectivity index (χ3v) is 5.66. The molecule has 19 heavy (non-hydrogen) atoms. The van der Waals surface area contributed by atoms with Crippen LogP contribution in [0.4, 0.5) is 0 Å². The molecule has 0 N–H and O–H groups in total. The third kappa shape index (κ3) is 2.26. The standard InChI is InChI=1S/C16H24N2O/c1-10(8-17)9-18(2)16(19)15-13-4-11-3-12(6-13)7-14(15)5-11/h10-15H,3-7,9H2,1-2H3. The van der Waals surface area contributed by atoms with Crippen LogP contribution in [0.15, 0.2) is 0 Å². The molecule has 4 aliphatic carbocycles. The quantitative estimate of drug-likeness (QED) is 0.783. The van der Waals surface area contributed by atoms with Crippen LogP contribution < -0.4 is 0 Å². The van der Waals surface area contributed by atoms with E-state index in [1.165, 1.54) is 32.1 Å². The number of nitrogens with zero attached hydrogens (tertiary/aromatic N) is 2. The molecule has 1 atom stereocenters. The molecule has 0 aromatic carbocycles. The maximum atomic E-state index is 12.7. The van der Waals surface area contributed by atoms with E-state index in [2.05, 4.69) is 6.07 Å². The summed E-state index contributed by atoms with van der Waals surface area (Å²) in [6.45, 7) is 2.47. The van der Waals surface area contributed by atoms with Crippen LogP contribution in [0.5, 0.6) is 0 Å². The zero-order chi connectivity index (χ0) is 13.6. The smallest absolute Gasteiger partial charge is 0.226 e. The first-order chi connectivity index (χ1) is 9.08. The summed E-state index contributed by atoms with van der Waals surface area (Å²) < 4.78 is 0. The predicted molar refractivity (Wildman–Crippen MR) is 72.9 cm³/mol. The van der Waals surface area contributed by atoms with Crippen molar-refractivity contribution >= 4 is 5.91 Å². The van der Waals surface area contributed by atoms with E-state index in [0.29, 0.717) is 24.3 Å². The Kier molecular flexibility index (Phi) is 3.28. The lowest BCUT2D eigenvalue weighted by Crippen LogP contribution is -2.51. The topological polar surface area (TPSA) is 44.1 Å². The van der Waals surface area contributed by atoms with Gasteiger partial charge in [0.15, 0.2) is 0 Å². The first-order valence-electron chi connectivity index (χ1n) is 7.73. The number of nitriles is 1. The molecule has 4 fully saturated rings. The fourth-order valence-corrected chi connectivity index (χ4v) is 5.12. The van der Waals surface area contributed by atoms with Gasteiger partial charge in [-0.25, -0.2) is 0 Å². The van der Waals surface area contributed by atoms with Gasteiger partial charge >= 0.3 is 0 Å². The molecule has 1 unspecified atom stereocenters. The van der Waals surface area contributed by atoms with Crippen molar-refractivity contribution in [3.63, 3.8) is 0 Å². The molecule has 4 rings (SSSR count). The maximum Gasteiger partial charge on any atom is 0.226 e. The van der Waals surface area contributed by atoms with Gasteiger partial charge in [-0.1, -0.05) is 0 Å². The highest BCUT2D eigenvalue weighted by Gasteiger charge is 2.51. The van der Waals surface area contributed by atoms with Crippen LogP contribution in [0, 0.1) is 46.8 Å². The Balaban J connectivity index is 1.69. The number of amides is 1. The normalized spacial score (nSPS) is 40.8. The molecule has 0 aromatic heterocycles. The van der Waals surface area contributed by atoms with Crippen molar-refractivity contribution in [2.75, 3.05) is 13.6 Å². The molecule has 1 amide bonds. The molecule has 4 bridgehead atoms. The van der Waals surface area contributed by atoms with E-state index in [0.717, 1.165) is 11.8 Å². The number of carbonyl (C=O) groups is 1. The van der Waals surface area contributed by atoms with Gasteiger partial charge in [0.05, 0.1) is 12.0 Å². The van der Waals surface area contributed by atoms with Gasteiger partial charge in [-0.3, -0.25) is 4.79 Å². The molecule has 0 heterocycles. The van der Waals surface area contributed by atoms with Crippen LogP contribution in [-0.4, -0.2) is 24.4 Å². The van der Waals surface area contributed by atoms with Gasteiger partial charge in [0.25, 0.3) is 0 Å². The fraction of sp³-hybridized carbons (Fsp3) is 0.875. The number of carbonyl (C=O) groups excluding carboxylic acids is 1. The van der Waals surface area contributed by atoms with Crippen molar-refractivity contribution in [1.82, 2.24) is 4.90 Å². The first kappa shape index (κ1) is 13.0. The molecule has 4 saturated carbocycles. The van der Waals surface area contributed by atoms with E-state index < -0.39 is 0 Å². The van der Waals surface area contributed by atoms with Crippen molar-refractivity contribution < 1.29 is 4.79 Å². The van der Waals surface area contributed by atoms with Gasteiger partial charge in [0.2, 0.25) is 5.91 Å². The Hall–Kier alpha value is -1.04. The predicted octanol–water partition coefficient (Wildman–Crippen LogP) is 2.68. The zero-order valence-electron chi connectivity index (χ0n) is 12.0. The summed E-state index contributed by atoms with van der Waals surface area (Å²) in [7, 11) is 1.88. The second-order valence-corrected chi connectivity index (χ2v) is 7.21. The molecule has 0 radical (unpaired) electrons. The lowest BCUT2D eigenvalue weighted by molar-refractivity contribution is -0.148. The van der Waals surface area contributed by atoms with E-state index in [1.807, 2.05) is 18.9 Å². The largest absolute Gasteiger partial charge is 0.344 e. The third-order valence-electron chi connectivity index (χ3n) is 5.66. The van der Waals surface area contributed by atoms with Crippen molar-refractivity contribution in [3.05, 3.63) is 0 Å². The van der Waals surface area contributed by atoms with Crippen LogP contribution in [0.3, 0.4) is 0 Å². The Morgan fingerprint density at radius 3 is 2.21 bits per heavy atom. The van der Waals surface area contributed by atoms with E-state index in [4.69, 9.17) is 5.26 Å². The average molecular weight is 260 g/mol. The van der Waals surface area contributed by atoms with Crippen LogP contribution >= 0.6 is 0 Å². The average Bonchev–Trinajstić information content (AvgIpc) is 2.36. The van der Waals surface area contributed by atoms with Gasteiger partial charge in [0, 0.05) is 19.5 Å². The summed E-state index contributed by atoms with van der Waals surface area (Å²) in [5.41, 5.74) is 0. The van der Waals surface area contributed by atoms with E-state index in [9.17, 15) is 4.79 Å². The van der Waals surface area contributed by atoms with Gasteiger partial charge < -0.3 is 4.90 Å². The zero-order valence-corrected chi connectivity index (χ0v) is 12.0. The molecule has 4 aliphatic rings. The van der Waals surface area contributed by atoms with E-state index >= 15 is 0 Å². The van der Waals surface area contributed by atoms with Gasteiger partial charge in [-0.2, -0.15) is 5.26 Å². The summed E-state index contributed by atoms with van der Waals surface area (Å²) in [5.74, 6) is 3.63. The lowest BCUT2D eigenvalue weighted by Gasteiger charge is -2.54. The van der Waals surface area contributed by atoms with Gasteiger partial charge in [-0.05, 0) is 62.7 Å². The Labute approximate surface area is 116 Å². The van der Waals surface area contributed by atoms with Crippen LogP contribution in [0.25, 0.3) is 0 Å². The molecule has 3 heteroatoms. The second-order valence-electron chi connectivity index (χ2n) is 7.21. The number of hydrogen-bond acceptors (Lipinski definition) is 2. The number of hydrogen-bond donors (Lipinski definition) is 0. The Morgan fingerprint density at radius 1 is 1.21 bits per heavy atom. The molecule has 0 aliphatic heterocycles. The molecule has 104 valence electrons. The Bertz CT molecular complexity index is 383. The monoisotopic (exact) mass is 260 g/mol. The molecular formula is C16H24N2O. The highest BCUT2D eigenvalue weighted by Crippen LogP contribution is 2.56. The highest BCUT2D eigenvalue weighted by atomic mass is 16.2. The fourth-order valence-electron chi connectivity index (χ4n) is 5.12. The second kappa shape index (κ2) is 4.81. The number of rotatable bonds is 3. The minimum Gasteiger partial charge on any atom is -0.344 e. The van der Waals surface area contributed by atoms with E-state index in [1.54, 1.807) is 0 Å². The van der Waals surface area contributed by atoms with Gasteiger partial charge in [-0.15, -0.1) is 0 Å². The summed E-state index contributed by atoms with van der Waals surface area (Å²) >= 11 is 0. The van der Waals surface area contributed by atoms with Crippen molar-refractivity contribution in [2.45, 2.75) is 39.0 Å². The van der Waals surface area contributed by atoms with Crippen molar-refractivity contribution in [2.24, 2.45) is 35.5 Å². The summed E-state index contributed by atoms with van der Waals surface area (Å²) in [6.07, 6.45) is 6.56. The van der Waals surface area contributed by atoms with E-state index in [-0.39, 0.29) is 11.8 Å². The molecule has 0 spiro atoms. The molecule has 3 nitrogen and oxygen atoms in total. The van der Waals surface area contributed by atoms with Crippen molar-refractivity contribution in [1.29, 1.82) is 5.26 Å². The lowest BCUT2D eigenvalue weighted by atomic mass is 9.51. The van der Waals surface area contributed by atoms with Crippen LogP contribution in [-0.2, 0) is 4.79 Å². The minimum atomic E-state index is -0.0641. The molecule has 0 saturated heterocycles. The van der Waals surface area contributed by atoms with Gasteiger partial charge in [0.1, 0.15) is 0 Å². The summed E-state index contributed by atoms with van der Waals surface area (Å²) in [4.78, 5) is 14.5.